The molecule has 24 heavy (non-hydrogen) atoms. The number of piperidine rings is 1. The van der Waals surface area contributed by atoms with Gasteiger partial charge in [0.15, 0.2) is 5.16 Å². The number of para-hydroxylation sites is 2. The molecule has 6 heteroatoms. The highest BCUT2D eigenvalue weighted by Crippen LogP contribution is 2.24. The Hall–Kier alpha value is -1.53. The fraction of sp³-hybridized carbons (Fsp3) is 0.556. The van der Waals surface area contributed by atoms with E-state index in [1.807, 2.05) is 18.2 Å². The number of aromatic nitrogens is 2. The normalized spacial score (nSPS) is 16.6. The molecule has 3 rings (SSSR count). The summed E-state index contributed by atoms with van der Waals surface area (Å²) >= 11 is 1.53. The van der Waals surface area contributed by atoms with E-state index in [9.17, 15) is 4.79 Å². The lowest BCUT2D eigenvalue weighted by Gasteiger charge is -2.31. The Labute approximate surface area is 147 Å². The van der Waals surface area contributed by atoms with Gasteiger partial charge in [-0.3, -0.25) is 4.79 Å². The first-order valence-electron chi connectivity index (χ1n) is 8.81. The van der Waals surface area contributed by atoms with Crippen LogP contribution in [-0.2, 0) is 11.3 Å². The average molecular weight is 347 g/mol. The smallest absolute Gasteiger partial charge is 0.230 e. The average Bonchev–Trinajstić information content (AvgIpc) is 2.98. The molecule has 5 nitrogen and oxygen atoms in total. The van der Waals surface area contributed by atoms with Crippen molar-refractivity contribution in [1.29, 1.82) is 0 Å². The summed E-state index contributed by atoms with van der Waals surface area (Å²) in [7, 11) is 0. The highest BCUT2D eigenvalue weighted by Gasteiger charge is 2.20. The van der Waals surface area contributed by atoms with Crippen LogP contribution < -0.4 is 5.32 Å². The van der Waals surface area contributed by atoms with E-state index in [2.05, 4.69) is 39.7 Å². The molecule has 0 saturated carbocycles. The number of carbonyl (C=O) groups excluding carboxylic acids is 1. The van der Waals surface area contributed by atoms with Gasteiger partial charge in [0.25, 0.3) is 0 Å². The number of hydrogen-bond acceptors (Lipinski definition) is 4. The van der Waals surface area contributed by atoms with Crippen LogP contribution >= 0.6 is 11.8 Å². The first-order valence-corrected chi connectivity index (χ1v) is 9.79. The van der Waals surface area contributed by atoms with Crippen molar-refractivity contribution >= 4 is 28.7 Å². The number of rotatable bonds is 6. The van der Waals surface area contributed by atoms with Crippen molar-refractivity contribution in [3.63, 3.8) is 0 Å². The summed E-state index contributed by atoms with van der Waals surface area (Å²) in [5.41, 5.74) is 2.13. The topological polar surface area (TPSA) is 50.2 Å². The van der Waals surface area contributed by atoms with Gasteiger partial charge in [-0.25, -0.2) is 4.98 Å². The van der Waals surface area contributed by atoms with E-state index in [1.165, 1.54) is 11.8 Å². The number of nitrogens with one attached hydrogen (secondary N) is 1. The Morgan fingerprint density at radius 3 is 2.71 bits per heavy atom. The molecule has 0 spiro atoms. The van der Waals surface area contributed by atoms with Crippen LogP contribution in [0.1, 0.15) is 26.7 Å². The lowest BCUT2D eigenvalue weighted by molar-refractivity contribution is -0.119. The zero-order valence-corrected chi connectivity index (χ0v) is 15.3. The molecule has 0 unspecified atom stereocenters. The monoisotopic (exact) mass is 346 g/mol. The van der Waals surface area contributed by atoms with E-state index in [0.29, 0.717) is 11.8 Å². The minimum absolute atomic E-state index is 0.115. The minimum atomic E-state index is 0.115. The molecule has 1 aliphatic heterocycles. The van der Waals surface area contributed by atoms with Crippen molar-refractivity contribution in [2.24, 2.45) is 0 Å². The van der Waals surface area contributed by atoms with Crippen LogP contribution in [-0.4, -0.2) is 51.8 Å². The van der Waals surface area contributed by atoms with Crippen molar-refractivity contribution in [2.45, 2.75) is 44.4 Å². The van der Waals surface area contributed by atoms with Crippen molar-refractivity contribution in [3.8, 4) is 0 Å². The molecule has 1 aromatic heterocycles. The van der Waals surface area contributed by atoms with Crippen LogP contribution in [0.5, 0.6) is 0 Å². The fourth-order valence-corrected chi connectivity index (χ4v) is 4.15. The van der Waals surface area contributed by atoms with Gasteiger partial charge in [0.05, 0.1) is 16.8 Å². The van der Waals surface area contributed by atoms with E-state index >= 15 is 0 Å². The Balaban J connectivity index is 1.55. The second-order valence-corrected chi connectivity index (χ2v) is 7.13. The van der Waals surface area contributed by atoms with Gasteiger partial charge >= 0.3 is 0 Å². The molecular formula is C18H26N4OS. The third kappa shape index (κ3) is 3.92. The van der Waals surface area contributed by atoms with Crippen molar-refractivity contribution in [1.82, 2.24) is 19.8 Å². The predicted molar refractivity (Wildman–Crippen MR) is 99.4 cm³/mol. The summed E-state index contributed by atoms with van der Waals surface area (Å²) in [6.07, 6.45) is 2.11. The maximum Gasteiger partial charge on any atom is 0.230 e. The molecule has 130 valence electrons. The largest absolute Gasteiger partial charge is 0.353 e. The van der Waals surface area contributed by atoms with E-state index in [0.717, 1.165) is 55.2 Å². The molecule has 1 N–H and O–H groups in total. The number of hydrogen-bond donors (Lipinski definition) is 1. The molecular weight excluding hydrogens is 320 g/mol. The zero-order valence-electron chi connectivity index (χ0n) is 14.5. The highest BCUT2D eigenvalue weighted by molar-refractivity contribution is 7.99. The number of imidazole rings is 1. The Kier molecular flexibility index (Phi) is 5.79. The van der Waals surface area contributed by atoms with Gasteiger partial charge < -0.3 is 14.8 Å². The number of likely N-dealkylation sites (tertiary alicyclic amines) is 1. The van der Waals surface area contributed by atoms with Gasteiger partial charge in [0, 0.05) is 25.7 Å². The molecule has 0 radical (unpaired) electrons. The van der Waals surface area contributed by atoms with Crippen LogP contribution in [0.15, 0.2) is 29.4 Å². The molecule has 1 aliphatic rings. The van der Waals surface area contributed by atoms with Crippen LogP contribution in [0.4, 0.5) is 0 Å². The fourth-order valence-electron chi connectivity index (χ4n) is 3.26. The molecule has 2 heterocycles. The lowest BCUT2D eigenvalue weighted by Crippen LogP contribution is -2.45. The van der Waals surface area contributed by atoms with Gasteiger partial charge in [-0.1, -0.05) is 30.8 Å². The maximum absolute atomic E-state index is 12.3. The second-order valence-electron chi connectivity index (χ2n) is 6.19. The first-order chi connectivity index (χ1) is 11.7. The second kappa shape index (κ2) is 8.03. The number of nitrogens with zero attached hydrogens (tertiary/aromatic N) is 3. The molecule has 1 aromatic carbocycles. The number of benzene rings is 1. The number of thioether (sulfide) groups is 1. The minimum Gasteiger partial charge on any atom is -0.353 e. The molecule has 1 fully saturated rings. The molecule has 0 bridgehead atoms. The van der Waals surface area contributed by atoms with E-state index in [-0.39, 0.29) is 5.91 Å². The Morgan fingerprint density at radius 2 is 2.00 bits per heavy atom. The third-order valence-electron chi connectivity index (χ3n) is 4.67. The Morgan fingerprint density at radius 1 is 1.25 bits per heavy atom. The third-order valence-corrected chi connectivity index (χ3v) is 5.64. The summed E-state index contributed by atoms with van der Waals surface area (Å²) in [6, 6.07) is 8.45. The highest BCUT2D eigenvalue weighted by atomic mass is 32.2. The number of aryl methyl sites for hydroxylation is 1. The van der Waals surface area contributed by atoms with Crippen molar-refractivity contribution < 1.29 is 4.79 Å². The quantitative estimate of drug-likeness (QED) is 0.817. The predicted octanol–water partition coefficient (Wildman–Crippen LogP) is 2.75. The van der Waals surface area contributed by atoms with E-state index < -0.39 is 0 Å². The summed E-state index contributed by atoms with van der Waals surface area (Å²) in [5.74, 6) is 0.543. The standard InChI is InChI=1S/C18H26N4OS/c1-3-21-11-9-14(10-12-21)19-17(23)13-24-18-20-15-7-5-6-8-16(15)22(18)4-2/h5-8,14H,3-4,9-13H2,1-2H3,(H,19,23). The first kappa shape index (κ1) is 17.3. The van der Waals surface area contributed by atoms with Crippen LogP contribution in [0.3, 0.4) is 0 Å². The van der Waals surface area contributed by atoms with E-state index in [1.54, 1.807) is 0 Å². The van der Waals surface area contributed by atoms with Crippen LogP contribution in [0, 0.1) is 0 Å². The Bertz CT molecular complexity index is 691. The van der Waals surface area contributed by atoms with Crippen LogP contribution in [0.2, 0.25) is 0 Å². The van der Waals surface area contributed by atoms with Gasteiger partial charge in [-0.15, -0.1) is 0 Å². The molecule has 1 amide bonds. The number of carbonyl (C=O) groups is 1. The summed E-state index contributed by atoms with van der Waals surface area (Å²) in [6.45, 7) is 8.43. The SMILES string of the molecule is CCN1CCC(NC(=O)CSc2nc3ccccc3n2CC)CC1. The van der Waals surface area contributed by atoms with Crippen LogP contribution in [0.25, 0.3) is 11.0 Å². The van der Waals surface area contributed by atoms with Gasteiger partial charge in [0.2, 0.25) is 5.91 Å². The number of amides is 1. The van der Waals surface area contributed by atoms with Crippen molar-refractivity contribution in [2.75, 3.05) is 25.4 Å². The van der Waals surface area contributed by atoms with Crippen molar-refractivity contribution in [3.05, 3.63) is 24.3 Å². The summed E-state index contributed by atoms with van der Waals surface area (Å²) in [5, 5.41) is 4.11. The maximum atomic E-state index is 12.3. The zero-order chi connectivity index (χ0) is 16.9. The summed E-state index contributed by atoms with van der Waals surface area (Å²) < 4.78 is 2.17. The van der Waals surface area contributed by atoms with Gasteiger partial charge in [-0.2, -0.15) is 0 Å². The van der Waals surface area contributed by atoms with E-state index in [4.69, 9.17) is 0 Å². The molecule has 2 aromatic rings. The van der Waals surface area contributed by atoms with Gasteiger partial charge in [0.1, 0.15) is 0 Å². The van der Waals surface area contributed by atoms with Gasteiger partial charge in [-0.05, 0) is 38.4 Å². The summed E-state index contributed by atoms with van der Waals surface area (Å²) in [4.78, 5) is 19.4. The molecule has 0 aliphatic carbocycles. The molecule has 1 saturated heterocycles. The number of fused-ring (bicyclic) bond motifs is 1. The lowest BCUT2D eigenvalue weighted by atomic mass is 10.1. The molecule has 0 atom stereocenters.